The summed E-state index contributed by atoms with van der Waals surface area (Å²) in [5, 5.41) is 0. The van der Waals surface area contributed by atoms with E-state index in [-0.39, 0.29) is 0 Å². The molecule has 0 radical (unpaired) electrons. The standard InChI is InChI=1S/C22H31N3O2/c1-18-4-2-5-20(23-18)14-24-15-21-6-3-10-25(21)22(16-24)9-13-27-17-19-7-11-26-12-8-19/h2-6,10,19,22H,7-9,11-17H2,1H3. The normalized spacial score (nSPS) is 21.3. The Labute approximate surface area is 162 Å². The van der Waals surface area contributed by atoms with Crippen molar-refractivity contribution in [1.29, 1.82) is 0 Å². The second-order valence-corrected chi connectivity index (χ2v) is 7.92. The van der Waals surface area contributed by atoms with E-state index in [1.165, 1.54) is 5.69 Å². The Hall–Kier alpha value is -1.69. The number of fused-ring (bicyclic) bond motifs is 1. The third kappa shape index (κ3) is 4.98. The molecule has 0 aromatic carbocycles. The Morgan fingerprint density at radius 2 is 2.07 bits per heavy atom. The SMILES string of the molecule is Cc1cccc(CN2Cc3cccn3C(CCOCC3CCOCC3)C2)n1. The predicted octanol–water partition coefficient (Wildman–Crippen LogP) is 3.58. The number of nitrogens with zero attached hydrogens (tertiary/aromatic N) is 3. The van der Waals surface area contributed by atoms with Crippen LogP contribution in [0.4, 0.5) is 0 Å². The summed E-state index contributed by atoms with van der Waals surface area (Å²) in [6.07, 6.45) is 5.56. The van der Waals surface area contributed by atoms with Crippen LogP contribution in [0.5, 0.6) is 0 Å². The van der Waals surface area contributed by atoms with Crippen LogP contribution in [0, 0.1) is 12.8 Å². The van der Waals surface area contributed by atoms with Crippen molar-refractivity contribution in [3.63, 3.8) is 0 Å². The van der Waals surface area contributed by atoms with Crippen LogP contribution in [0.1, 0.15) is 42.4 Å². The highest BCUT2D eigenvalue weighted by Crippen LogP contribution is 2.26. The number of hydrogen-bond donors (Lipinski definition) is 0. The van der Waals surface area contributed by atoms with Crippen molar-refractivity contribution >= 4 is 0 Å². The molecule has 4 rings (SSSR count). The lowest BCUT2D eigenvalue weighted by Crippen LogP contribution is -2.37. The molecule has 146 valence electrons. The van der Waals surface area contributed by atoms with Crippen LogP contribution in [0.15, 0.2) is 36.5 Å². The molecule has 2 aliphatic heterocycles. The molecule has 0 bridgehead atoms. The van der Waals surface area contributed by atoms with Gasteiger partial charge in [0.1, 0.15) is 0 Å². The minimum absolute atomic E-state index is 0.475. The number of rotatable bonds is 7. The Bertz CT molecular complexity index is 724. The van der Waals surface area contributed by atoms with Gasteiger partial charge in [-0.2, -0.15) is 0 Å². The molecular formula is C22H31N3O2. The van der Waals surface area contributed by atoms with Crippen molar-refractivity contribution in [3.05, 3.63) is 53.6 Å². The summed E-state index contributed by atoms with van der Waals surface area (Å²) in [5.41, 5.74) is 3.64. The van der Waals surface area contributed by atoms with Gasteiger partial charge >= 0.3 is 0 Å². The lowest BCUT2D eigenvalue weighted by atomic mass is 10.0. The van der Waals surface area contributed by atoms with Gasteiger partial charge in [0.15, 0.2) is 0 Å². The highest BCUT2D eigenvalue weighted by molar-refractivity contribution is 5.13. The number of aryl methyl sites for hydroxylation is 1. The minimum Gasteiger partial charge on any atom is -0.381 e. The number of ether oxygens (including phenoxy) is 2. The summed E-state index contributed by atoms with van der Waals surface area (Å²) in [5.74, 6) is 0.677. The Kier molecular flexibility index (Phi) is 6.22. The van der Waals surface area contributed by atoms with E-state index in [1.54, 1.807) is 0 Å². The van der Waals surface area contributed by atoms with Crippen LogP contribution < -0.4 is 0 Å². The molecule has 1 saturated heterocycles. The Balaban J connectivity index is 1.31. The van der Waals surface area contributed by atoms with E-state index in [9.17, 15) is 0 Å². The first-order chi connectivity index (χ1) is 13.3. The van der Waals surface area contributed by atoms with Crippen LogP contribution in [0.2, 0.25) is 0 Å². The van der Waals surface area contributed by atoms with Crippen molar-refractivity contribution in [2.75, 3.05) is 33.0 Å². The van der Waals surface area contributed by atoms with Gasteiger partial charge in [-0.05, 0) is 56.4 Å². The largest absolute Gasteiger partial charge is 0.381 e. The molecule has 1 atom stereocenters. The molecular weight excluding hydrogens is 338 g/mol. The van der Waals surface area contributed by atoms with Crippen LogP contribution in [-0.2, 0) is 22.6 Å². The molecule has 0 aliphatic carbocycles. The summed E-state index contributed by atoms with van der Waals surface area (Å²) in [6.45, 7) is 8.51. The fraction of sp³-hybridized carbons (Fsp3) is 0.591. The van der Waals surface area contributed by atoms with Crippen LogP contribution in [0.3, 0.4) is 0 Å². The third-order valence-electron chi connectivity index (χ3n) is 5.74. The van der Waals surface area contributed by atoms with Gasteiger partial charge in [-0.15, -0.1) is 0 Å². The molecule has 0 N–H and O–H groups in total. The first-order valence-corrected chi connectivity index (χ1v) is 10.2. The molecule has 0 amide bonds. The van der Waals surface area contributed by atoms with Gasteiger partial charge in [0.25, 0.3) is 0 Å². The maximum Gasteiger partial charge on any atom is 0.0547 e. The maximum absolute atomic E-state index is 6.04. The summed E-state index contributed by atoms with van der Waals surface area (Å²) < 4.78 is 13.9. The molecule has 4 heterocycles. The Morgan fingerprint density at radius 3 is 2.93 bits per heavy atom. The van der Waals surface area contributed by atoms with E-state index in [0.717, 1.165) is 76.7 Å². The van der Waals surface area contributed by atoms with E-state index in [2.05, 4.69) is 57.9 Å². The second kappa shape index (κ2) is 9.00. The summed E-state index contributed by atoms with van der Waals surface area (Å²) in [6, 6.07) is 11.2. The average molecular weight is 370 g/mol. The smallest absolute Gasteiger partial charge is 0.0547 e. The highest BCUT2D eigenvalue weighted by Gasteiger charge is 2.24. The monoisotopic (exact) mass is 369 g/mol. The van der Waals surface area contributed by atoms with Crippen LogP contribution >= 0.6 is 0 Å². The molecule has 1 unspecified atom stereocenters. The van der Waals surface area contributed by atoms with Crippen LogP contribution in [-0.4, -0.2) is 47.4 Å². The number of aromatic nitrogens is 2. The van der Waals surface area contributed by atoms with E-state index in [4.69, 9.17) is 9.47 Å². The maximum atomic E-state index is 6.04. The Morgan fingerprint density at radius 1 is 1.19 bits per heavy atom. The number of hydrogen-bond acceptors (Lipinski definition) is 4. The molecule has 5 heteroatoms. The molecule has 2 aliphatic rings. The molecule has 0 saturated carbocycles. The van der Waals surface area contributed by atoms with Gasteiger partial charge < -0.3 is 14.0 Å². The van der Waals surface area contributed by atoms with E-state index in [1.807, 2.05) is 0 Å². The average Bonchev–Trinajstić information content (AvgIpc) is 3.15. The first kappa shape index (κ1) is 18.7. The molecule has 5 nitrogen and oxygen atoms in total. The van der Waals surface area contributed by atoms with Gasteiger partial charge in [-0.25, -0.2) is 0 Å². The summed E-state index contributed by atoms with van der Waals surface area (Å²) >= 11 is 0. The van der Waals surface area contributed by atoms with Crippen molar-refractivity contribution in [2.24, 2.45) is 5.92 Å². The fourth-order valence-electron chi connectivity index (χ4n) is 4.25. The van der Waals surface area contributed by atoms with E-state index in [0.29, 0.717) is 12.0 Å². The zero-order valence-corrected chi connectivity index (χ0v) is 16.3. The lowest BCUT2D eigenvalue weighted by molar-refractivity contribution is 0.0160. The van der Waals surface area contributed by atoms with Crippen molar-refractivity contribution in [1.82, 2.24) is 14.5 Å². The zero-order valence-electron chi connectivity index (χ0n) is 16.3. The number of pyridine rings is 1. The van der Waals surface area contributed by atoms with Gasteiger partial charge in [-0.3, -0.25) is 9.88 Å². The fourth-order valence-corrected chi connectivity index (χ4v) is 4.25. The van der Waals surface area contributed by atoms with Gasteiger partial charge in [-0.1, -0.05) is 6.07 Å². The molecule has 1 fully saturated rings. The quantitative estimate of drug-likeness (QED) is 0.700. The predicted molar refractivity (Wildman–Crippen MR) is 106 cm³/mol. The zero-order chi connectivity index (χ0) is 18.5. The molecule has 2 aromatic rings. The summed E-state index contributed by atoms with van der Waals surface area (Å²) in [4.78, 5) is 7.19. The van der Waals surface area contributed by atoms with Gasteiger partial charge in [0.2, 0.25) is 0 Å². The topological polar surface area (TPSA) is 39.5 Å². The van der Waals surface area contributed by atoms with Crippen molar-refractivity contribution in [2.45, 2.75) is 45.3 Å². The molecule has 27 heavy (non-hydrogen) atoms. The minimum atomic E-state index is 0.475. The highest BCUT2D eigenvalue weighted by atomic mass is 16.5. The van der Waals surface area contributed by atoms with Gasteiger partial charge in [0.05, 0.1) is 5.69 Å². The van der Waals surface area contributed by atoms with E-state index >= 15 is 0 Å². The van der Waals surface area contributed by atoms with Crippen molar-refractivity contribution in [3.8, 4) is 0 Å². The first-order valence-electron chi connectivity index (χ1n) is 10.2. The summed E-state index contributed by atoms with van der Waals surface area (Å²) in [7, 11) is 0. The van der Waals surface area contributed by atoms with Crippen molar-refractivity contribution < 1.29 is 9.47 Å². The lowest BCUT2D eigenvalue weighted by Gasteiger charge is -2.35. The van der Waals surface area contributed by atoms with Crippen LogP contribution in [0.25, 0.3) is 0 Å². The van der Waals surface area contributed by atoms with Gasteiger partial charge in [0, 0.05) is 69.7 Å². The van der Waals surface area contributed by atoms with E-state index < -0.39 is 0 Å². The second-order valence-electron chi connectivity index (χ2n) is 7.92. The molecule has 0 spiro atoms. The molecule has 2 aromatic heterocycles. The third-order valence-corrected chi connectivity index (χ3v) is 5.74.